The first-order valence-corrected chi connectivity index (χ1v) is 9.95. The van der Waals surface area contributed by atoms with Crippen LogP contribution >= 0.6 is 0 Å². The number of rotatable bonds is 9. The van der Waals surface area contributed by atoms with Crippen LogP contribution in [-0.2, 0) is 4.79 Å². The Bertz CT molecular complexity index is 945. The van der Waals surface area contributed by atoms with Gasteiger partial charge in [0.2, 0.25) is 0 Å². The summed E-state index contributed by atoms with van der Waals surface area (Å²) in [7, 11) is 0. The number of fused-ring (bicyclic) bond motifs is 1. The fraction of sp³-hybridized carbons (Fsp3) is 0.391. The molecule has 0 aliphatic carbocycles. The largest absolute Gasteiger partial charge is 0.493 e. The lowest BCUT2D eigenvalue weighted by molar-refractivity contribution is -0.138. The molecule has 3 aromatic rings. The van der Waals surface area contributed by atoms with Crippen LogP contribution in [0.15, 0.2) is 48.8 Å². The van der Waals surface area contributed by atoms with E-state index in [4.69, 9.17) is 4.74 Å². The number of carboxylic acids is 1. The average Bonchev–Trinajstić information content (AvgIpc) is 3.08. The van der Waals surface area contributed by atoms with Gasteiger partial charge in [-0.1, -0.05) is 26.8 Å². The Hall–Kier alpha value is -3.02. The average molecular weight is 396 g/mol. The van der Waals surface area contributed by atoms with Crippen molar-refractivity contribution in [2.75, 3.05) is 18.5 Å². The second-order valence-corrected chi connectivity index (χ2v) is 8.31. The first-order chi connectivity index (χ1) is 13.8. The lowest BCUT2D eigenvalue weighted by Crippen LogP contribution is -2.21. The van der Waals surface area contributed by atoms with E-state index in [0.717, 1.165) is 41.0 Å². The highest BCUT2D eigenvalue weighted by molar-refractivity contribution is 5.85. The van der Waals surface area contributed by atoms with Crippen LogP contribution < -0.4 is 10.1 Å². The third-order valence-corrected chi connectivity index (χ3v) is 5.05. The standard InChI is InChI=1S/C23H29N3O3/c1-23(2,3)19(14-22(27)28)18-15-26-20-13-16(8-9-17(18)20)29-12-6-11-25-21-7-4-5-10-24-21/h4-5,7-10,13,15,19,26H,6,11-12,14H2,1-3H3,(H,24,25)(H,27,28). The molecular formula is C23H29N3O3. The van der Waals surface area contributed by atoms with E-state index in [1.807, 2.05) is 42.6 Å². The van der Waals surface area contributed by atoms with Crippen LogP contribution in [0.2, 0.25) is 0 Å². The number of carbonyl (C=O) groups is 1. The lowest BCUT2D eigenvalue weighted by Gasteiger charge is -2.29. The quantitative estimate of drug-likeness (QED) is 0.441. The van der Waals surface area contributed by atoms with Crippen LogP contribution in [0, 0.1) is 5.41 Å². The molecule has 2 aromatic heterocycles. The molecule has 3 N–H and O–H groups in total. The summed E-state index contributed by atoms with van der Waals surface area (Å²) in [5.74, 6) is 0.814. The van der Waals surface area contributed by atoms with Gasteiger partial charge in [0.1, 0.15) is 11.6 Å². The highest BCUT2D eigenvalue weighted by Gasteiger charge is 2.30. The van der Waals surface area contributed by atoms with E-state index in [1.54, 1.807) is 6.20 Å². The Kier molecular flexibility index (Phi) is 6.42. The topological polar surface area (TPSA) is 87.2 Å². The summed E-state index contributed by atoms with van der Waals surface area (Å²) in [5, 5.41) is 13.6. The van der Waals surface area contributed by atoms with E-state index in [-0.39, 0.29) is 17.8 Å². The molecule has 6 heteroatoms. The molecule has 0 amide bonds. The fourth-order valence-electron chi connectivity index (χ4n) is 3.51. The van der Waals surface area contributed by atoms with Crippen molar-refractivity contribution < 1.29 is 14.6 Å². The maximum atomic E-state index is 11.4. The van der Waals surface area contributed by atoms with E-state index >= 15 is 0 Å². The molecule has 0 saturated carbocycles. The zero-order valence-electron chi connectivity index (χ0n) is 17.2. The molecule has 154 valence electrons. The number of hydrogen-bond donors (Lipinski definition) is 3. The number of H-pyrrole nitrogens is 1. The van der Waals surface area contributed by atoms with Gasteiger partial charge in [0, 0.05) is 41.8 Å². The SMILES string of the molecule is CC(C)(C)C(CC(=O)O)c1c[nH]c2cc(OCCCNc3ccccn3)ccc12. The van der Waals surface area contributed by atoms with Gasteiger partial charge in [-0.05, 0) is 41.7 Å². The van der Waals surface area contributed by atoms with Crippen LogP contribution in [0.4, 0.5) is 5.82 Å². The summed E-state index contributed by atoms with van der Waals surface area (Å²) in [4.78, 5) is 18.9. The van der Waals surface area contributed by atoms with Crippen molar-refractivity contribution in [2.24, 2.45) is 5.41 Å². The van der Waals surface area contributed by atoms with Gasteiger partial charge in [-0.3, -0.25) is 4.79 Å². The van der Waals surface area contributed by atoms with Crippen molar-refractivity contribution in [3.05, 3.63) is 54.4 Å². The Morgan fingerprint density at radius 2 is 2.10 bits per heavy atom. The minimum Gasteiger partial charge on any atom is -0.493 e. The summed E-state index contributed by atoms with van der Waals surface area (Å²) in [6, 6.07) is 11.7. The van der Waals surface area contributed by atoms with Crippen molar-refractivity contribution in [3.63, 3.8) is 0 Å². The molecular weight excluding hydrogens is 366 g/mol. The number of aromatic nitrogens is 2. The van der Waals surface area contributed by atoms with Crippen LogP contribution in [-0.4, -0.2) is 34.2 Å². The minimum atomic E-state index is -0.779. The van der Waals surface area contributed by atoms with E-state index in [9.17, 15) is 9.90 Å². The molecule has 1 unspecified atom stereocenters. The second-order valence-electron chi connectivity index (χ2n) is 8.31. The number of nitrogens with zero attached hydrogens (tertiary/aromatic N) is 1. The van der Waals surface area contributed by atoms with Gasteiger partial charge in [-0.15, -0.1) is 0 Å². The van der Waals surface area contributed by atoms with Crippen molar-refractivity contribution in [3.8, 4) is 5.75 Å². The lowest BCUT2D eigenvalue weighted by atomic mass is 9.74. The number of benzene rings is 1. The third-order valence-electron chi connectivity index (χ3n) is 5.05. The van der Waals surface area contributed by atoms with Gasteiger partial charge >= 0.3 is 5.97 Å². The zero-order valence-corrected chi connectivity index (χ0v) is 17.2. The van der Waals surface area contributed by atoms with Crippen LogP contribution in [0.3, 0.4) is 0 Å². The summed E-state index contributed by atoms with van der Waals surface area (Å²) in [6.07, 6.45) is 4.66. The molecule has 6 nitrogen and oxygen atoms in total. The maximum Gasteiger partial charge on any atom is 0.303 e. The third kappa shape index (κ3) is 5.50. The Labute approximate surface area is 171 Å². The summed E-state index contributed by atoms with van der Waals surface area (Å²) in [6.45, 7) is 7.62. The highest BCUT2D eigenvalue weighted by Crippen LogP contribution is 2.41. The monoisotopic (exact) mass is 395 g/mol. The van der Waals surface area contributed by atoms with Crippen molar-refractivity contribution in [1.82, 2.24) is 9.97 Å². The van der Waals surface area contributed by atoms with Crippen LogP contribution in [0.1, 0.15) is 45.1 Å². The smallest absolute Gasteiger partial charge is 0.303 e. The number of aliphatic carboxylic acids is 1. The maximum absolute atomic E-state index is 11.4. The van der Waals surface area contributed by atoms with E-state index in [0.29, 0.717) is 6.61 Å². The summed E-state index contributed by atoms with van der Waals surface area (Å²) < 4.78 is 5.88. The van der Waals surface area contributed by atoms with E-state index < -0.39 is 5.97 Å². The van der Waals surface area contributed by atoms with Gasteiger partial charge in [0.05, 0.1) is 13.0 Å². The molecule has 0 spiro atoms. The molecule has 0 bridgehead atoms. The number of carboxylic acid groups (broad SMARTS) is 1. The molecule has 0 radical (unpaired) electrons. The van der Waals surface area contributed by atoms with E-state index in [2.05, 4.69) is 36.1 Å². The minimum absolute atomic E-state index is 0.0711. The molecule has 0 saturated heterocycles. The van der Waals surface area contributed by atoms with Gasteiger partial charge in [-0.2, -0.15) is 0 Å². The first kappa shape index (κ1) is 20.7. The van der Waals surface area contributed by atoms with Crippen molar-refractivity contribution in [2.45, 2.75) is 39.5 Å². The van der Waals surface area contributed by atoms with Gasteiger partial charge in [0.15, 0.2) is 0 Å². The first-order valence-electron chi connectivity index (χ1n) is 9.95. The Morgan fingerprint density at radius 1 is 1.28 bits per heavy atom. The summed E-state index contributed by atoms with van der Waals surface area (Å²) >= 11 is 0. The number of hydrogen-bond acceptors (Lipinski definition) is 4. The molecule has 1 aromatic carbocycles. The highest BCUT2D eigenvalue weighted by atomic mass is 16.5. The number of aromatic amines is 1. The second kappa shape index (κ2) is 8.99. The molecule has 2 heterocycles. The van der Waals surface area contributed by atoms with Crippen molar-refractivity contribution in [1.29, 1.82) is 0 Å². The number of ether oxygens (including phenoxy) is 1. The van der Waals surface area contributed by atoms with Crippen molar-refractivity contribution >= 4 is 22.7 Å². The number of anilines is 1. The normalized spacial score (nSPS) is 12.7. The fourth-order valence-corrected chi connectivity index (χ4v) is 3.51. The van der Waals surface area contributed by atoms with Gasteiger partial charge in [-0.25, -0.2) is 4.98 Å². The molecule has 0 aliphatic heterocycles. The molecule has 29 heavy (non-hydrogen) atoms. The predicted octanol–water partition coefficient (Wildman–Crippen LogP) is 5.05. The number of pyridine rings is 1. The zero-order chi connectivity index (χ0) is 20.9. The summed E-state index contributed by atoms with van der Waals surface area (Å²) in [5.41, 5.74) is 1.85. The Morgan fingerprint density at radius 3 is 2.79 bits per heavy atom. The number of nitrogens with one attached hydrogen (secondary N) is 2. The van der Waals surface area contributed by atoms with Gasteiger partial charge in [0.25, 0.3) is 0 Å². The van der Waals surface area contributed by atoms with Crippen LogP contribution in [0.5, 0.6) is 5.75 Å². The molecule has 1 atom stereocenters. The predicted molar refractivity (Wildman–Crippen MR) is 116 cm³/mol. The molecule has 0 aliphatic rings. The molecule has 3 rings (SSSR count). The van der Waals surface area contributed by atoms with Gasteiger partial charge < -0.3 is 20.1 Å². The van der Waals surface area contributed by atoms with Crippen LogP contribution in [0.25, 0.3) is 10.9 Å². The Balaban J connectivity index is 1.61. The van der Waals surface area contributed by atoms with E-state index in [1.165, 1.54) is 0 Å². The molecule has 0 fully saturated rings.